The van der Waals surface area contributed by atoms with E-state index in [1.54, 1.807) is 0 Å². The van der Waals surface area contributed by atoms with Gasteiger partial charge in [-0.25, -0.2) is 4.98 Å². The Morgan fingerprint density at radius 3 is 3.10 bits per heavy atom. The first-order chi connectivity index (χ1) is 10.4. The Bertz CT molecular complexity index is 739. The Balaban J connectivity index is 1.34. The molecule has 108 valence electrons. The monoisotopic (exact) mass is 282 g/mol. The summed E-state index contributed by atoms with van der Waals surface area (Å²) in [4.78, 5) is 4.25. The number of pyridine rings is 1. The summed E-state index contributed by atoms with van der Waals surface area (Å²) in [5.41, 5.74) is 2.17. The van der Waals surface area contributed by atoms with E-state index in [1.807, 2.05) is 41.3 Å². The van der Waals surface area contributed by atoms with E-state index in [9.17, 15) is 0 Å². The summed E-state index contributed by atoms with van der Waals surface area (Å²) in [6.45, 7) is 1.73. The van der Waals surface area contributed by atoms with Crippen molar-refractivity contribution in [1.82, 2.24) is 29.5 Å². The first kappa shape index (κ1) is 12.5. The lowest BCUT2D eigenvalue weighted by Crippen LogP contribution is -2.19. The molecule has 0 aliphatic heterocycles. The summed E-state index contributed by atoms with van der Waals surface area (Å²) in [5, 5.41) is 11.9. The summed E-state index contributed by atoms with van der Waals surface area (Å²) in [5.74, 6) is 0.994. The number of fused-ring (bicyclic) bond motifs is 1. The van der Waals surface area contributed by atoms with E-state index in [1.165, 1.54) is 18.5 Å². The zero-order valence-corrected chi connectivity index (χ0v) is 11.8. The van der Waals surface area contributed by atoms with Gasteiger partial charge < -0.3 is 9.88 Å². The van der Waals surface area contributed by atoms with Gasteiger partial charge in [0.05, 0.1) is 12.0 Å². The predicted octanol–water partition coefficient (Wildman–Crippen LogP) is 1.59. The van der Waals surface area contributed by atoms with Gasteiger partial charge in [0.25, 0.3) is 0 Å². The predicted molar refractivity (Wildman–Crippen MR) is 78.9 cm³/mol. The van der Waals surface area contributed by atoms with E-state index in [4.69, 9.17) is 0 Å². The minimum atomic E-state index is 0.685. The van der Waals surface area contributed by atoms with Gasteiger partial charge in [0, 0.05) is 37.9 Å². The highest BCUT2D eigenvalue weighted by atomic mass is 15.2. The van der Waals surface area contributed by atoms with Crippen molar-refractivity contribution in [2.45, 2.75) is 31.8 Å². The Morgan fingerprint density at radius 2 is 2.19 bits per heavy atom. The first-order valence-corrected chi connectivity index (χ1v) is 7.42. The van der Waals surface area contributed by atoms with Crippen molar-refractivity contribution >= 4 is 5.65 Å². The molecule has 0 bridgehead atoms. The third-order valence-corrected chi connectivity index (χ3v) is 3.90. The summed E-state index contributed by atoms with van der Waals surface area (Å²) < 4.78 is 4.33. The first-order valence-electron chi connectivity index (χ1n) is 7.42. The molecule has 1 saturated carbocycles. The second-order valence-corrected chi connectivity index (χ2v) is 5.50. The molecule has 1 aliphatic carbocycles. The van der Waals surface area contributed by atoms with Crippen LogP contribution in [-0.2, 0) is 13.0 Å². The van der Waals surface area contributed by atoms with Gasteiger partial charge in [-0.15, -0.1) is 10.2 Å². The smallest absolute Gasteiger partial charge is 0.160 e. The van der Waals surface area contributed by atoms with Gasteiger partial charge in [0.2, 0.25) is 0 Å². The van der Waals surface area contributed by atoms with Crippen molar-refractivity contribution in [3.8, 4) is 0 Å². The minimum Gasteiger partial charge on any atom is -0.330 e. The van der Waals surface area contributed by atoms with Crippen LogP contribution in [0.15, 0.2) is 36.9 Å². The van der Waals surface area contributed by atoms with Gasteiger partial charge in [-0.1, -0.05) is 6.07 Å². The molecule has 4 rings (SSSR count). The molecule has 0 spiro atoms. The largest absolute Gasteiger partial charge is 0.330 e. The fourth-order valence-electron chi connectivity index (χ4n) is 2.63. The van der Waals surface area contributed by atoms with Crippen LogP contribution in [0.3, 0.4) is 0 Å². The lowest BCUT2D eigenvalue weighted by molar-refractivity contribution is 0.613. The summed E-state index contributed by atoms with van der Waals surface area (Å²) in [7, 11) is 0. The molecular weight excluding hydrogens is 264 g/mol. The van der Waals surface area contributed by atoms with Crippen LogP contribution in [-0.4, -0.2) is 30.7 Å². The van der Waals surface area contributed by atoms with Crippen LogP contribution in [0.1, 0.15) is 30.4 Å². The molecule has 6 heteroatoms. The molecule has 0 unspecified atom stereocenters. The number of imidazole rings is 1. The SMILES string of the molecule is c1ccn2c(CCNCc3cncn3C3CC3)nnc2c1. The van der Waals surface area contributed by atoms with Gasteiger partial charge in [0.15, 0.2) is 5.65 Å². The highest BCUT2D eigenvalue weighted by Crippen LogP contribution is 2.35. The molecule has 21 heavy (non-hydrogen) atoms. The van der Waals surface area contributed by atoms with E-state index in [0.717, 1.165) is 31.0 Å². The topological polar surface area (TPSA) is 60.0 Å². The number of nitrogens with zero attached hydrogens (tertiary/aromatic N) is 5. The maximum atomic E-state index is 4.25. The van der Waals surface area contributed by atoms with Crippen LogP contribution in [0.25, 0.3) is 5.65 Å². The number of hydrogen-bond donors (Lipinski definition) is 1. The van der Waals surface area contributed by atoms with Crippen molar-refractivity contribution in [2.24, 2.45) is 0 Å². The van der Waals surface area contributed by atoms with Crippen molar-refractivity contribution in [1.29, 1.82) is 0 Å². The molecule has 0 radical (unpaired) electrons. The van der Waals surface area contributed by atoms with E-state index in [0.29, 0.717) is 6.04 Å². The van der Waals surface area contributed by atoms with Crippen molar-refractivity contribution in [3.63, 3.8) is 0 Å². The fraction of sp³-hybridized carbons (Fsp3) is 0.400. The zero-order valence-electron chi connectivity index (χ0n) is 11.8. The Hall–Kier alpha value is -2.21. The van der Waals surface area contributed by atoms with Crippen molar-refractivity contribution < 1.29 is 0 Å². The normalized spacial score (nSPS) is 14.9. The summed E-state index contributed by atoms with van der Waals surface area (Å²) >= 11 is 0. The highest BCUT2D eigenvalue weighted by Gasteiger charge is 2.24. The molecule has 0 atom stereocenters. The average molecular weight is 282 g/mol. The summed E-state index contributed by atoms with van der Waals surface area (Å²) in [6, 6.07) is 6.63. The van der Waals surface area contributed by atoms with Crippen molar-refractivity contribution in [3.05, 3.63) is 48.4 Å². The highest BCUT2D eigenvalue weighted by molar-refractivity contribution is 5.36. The molecule has 3 aromatic rings. The molecular formula is C15H18N6. The lowest BCUT2D eigenvalue weighted by atomic mass is 10.3. The van der Waals surface area contributed by atoms with Crippen LogP contribution in [0.5, 0.6) is 0 Å². The molecule has 3 heterocycles. The number of nitrogens with one attached hydrogen (secondary N) is 1. The Labute approximate surface area is 122 Å². The molecule has 6 nitrogen and oxygen atoms in total. The molecule has 1 fully saturated rings. The second kappa shape index (κ2) is 5.29. The van der Waals surface area contributed by atoms with E-state index in [2.05, 4.69) is 25.1 Å². The van der Waals surface area contributed by atoms with Gasteiger partial charge in [0.1, 0.15) is 5.82 Å². The van der Waals surface area contributed by atoms with Gasteiger partial charge >= 0.3 is 0 Å². The van der Waals surface area contributed by atoms with Crippen LogP contribution in [0, 0.1) is 0 Å². The standard InChI is InChI=1S/C15H18N6/c1-2-8-20-14(3-1)18-19-15(20)6-7-16-9-13-10-17-11-21(13)12-4-5-12/h1-3,8,10-12,16H,4-7,9H2. The third-order valence-electron chi connectivity index (χ3n) is 3.90. The molecule has 0 saturated heterocycles. The van der Waals surface area contributed by atoms with Crippen molar-refractivity contribution in [2.75, 3.05) is 6.54 Å². The van der Waals surface area contributed by atoms with Crippen LogP contribution in [0.4, 0.5) is 0 Å². The number of aromatic nitrogens is 5. The third kappa shape index (κ3) is 2.54. The Kier molecular flexibility index (Phi) is 3.16. The number of rotatable bonds is 6. The van der Waals surface area contributed by atoms with Crippen LogP contribution >= 0.6 is 0 Å². The molecule has 1 aliphatic rings. The van der Waals surface area contributed by atoms with Crippen LogP contribution < -0.4 is 5.32 Å². The molecule has 3 aromatic heterocycles. The fourth-order valence-corrected chi connectivity index (χ4v) is 2.63. The maximum Gasteiger partial charge on any atom is 0.160 e. The molecule has 0 amide bonds. The second-order valence-electron chi connectivity index (χ2n) is 5.50. The summed E-state index contributed by atoms with van der Waals surface area (Å²) in [6.07, 6.45) is 9.35. The van der Waals surface area contributed by atoms with Gasteiger partial charge in [-0.3, -0.25) is 4.40 Å². The van der Waals surface area contributed by atoms with E-state index >= 15 is 0 Å². The number of hydrogen-bond acceptors (Lipinski definition) is 4. The Morgan fingerprint density at radius 1 is 1.24 bits per heavy atom. The lowest BCUT2D eigenvalue weighted by Gasteiger charge is -2.07. The maximum absolute atomic E-state index is 4.25. The molecule has 1 N–H and O–H groups in total. The minimum absolute atomic E-state index is 0.685. The quantitative estimate of drug-likeness (QED) is 0.698. The van der Waals surface area contributed by atoms with Gasteiger partial charge in [-0.05, 0) is 25.0 Å². The van der Waals surface area contributed by atoms with Gasteiger partial charge in [-0.2, -0.15) is 0 Å². The average Bonchev–Trinajstić information content (AvgIpc) is 3.11. The zero-order chi connectivity index (χ0) is 14.1. The van der Waals surface area contributed by atoms with E-state index < -0.39 is 0 Å². The van der Waals surface area contributed by atoms with Crippen LogP contribution in [0.2, 0.25) is 0 Å². The molecule has 0 aromatic carbocycles. The van der Waals surface area contributed by atoms with E-state index in [-0.39, 0.29) is 0 Å².